The Morgan fingerprint density at radius 2 is 1.43 bits per heavy atom. The summed E-state index contributed by atoms with van der Waals surface area (Å²) in [5.74, 6) is 0. The van der Waals surface area contributed by atoms with Crippen LogP contribution in [0.4, 0.5) is 18.9 Å². The number of nitrogens with zero attached hydrogens (tertiary/aromatic N) is 3. The third kappa shape index (κ3) is 3.67. The first-order valence-electron chi connectivity index (χ1n) is 8.91. The van der Waals surface area contributed by atoms with E-state index >= 15 is 0 Å². The molecule has 8 heteroatoms. The molecule has 0 aliphatic rings. The van der Waals surface area contributed by atoms with E-state index in [-0.39, 0.29) is 5.69 Å². The Morgan fingerprint density at radius 3 is 2.00 bits per heavy atom. The molecule has 0 amide bonds. The van der Waals surface area contributed by atoms with Crippen LogP contribution in [0.2, 0.25) is 0 Å². The van der Waals surface area contributed by atoms with Gasteiger partial charge in [-0.25, -0.2) is 4.68 Å². The van der Waals surface area contributed by atoms with Gasteiger partial charge in [0.1, 0.15) is 5.69 Å². The van der Waals surface area contributed by atoms with Crippen LogP contribution in [0.1, 0.15) is 5.56 Å². The van der Waals surface area contributed by atoms with E-state index in [2.05, 4.69) is 5.10 Å². The molecule has 30 heavy (non-hydrogen) atoms. The highest BCUT2D eigenvalue weighted by atomic mass is 19.4. The molecule has 0 saturated carbocycles. The summed E-state index contributed by atoms with van der Waals surface area (Å²) >= 11 is 0. The summed E-state index contributed by atoms with van der Waals surface area (Å²) in [5.41, 5.74) is 0.763. The summed E-state index contributed by atoms with van der Waals surface area (Å²) in [6.45, 7) is 0. The number of nitro groups is 1. The molecule has 1 heterocycles. The van der Waals surface area contributed by atoms with Gasteiger partial charge in [0, 0.05) is 17.2 Å². The highest BCUT2D eigenvalue weighted by Gasteiger charge is 2.33. The van der Waals surface area contributed by atoms with E-state index in [0.717, 1.165) is 23.3 Å². The Balaban J connectivity index is 1.96. The van der Waals surface area contributed by atoms with Crippen molar-refractivity contribution in [1.29, 1.82) is 0 Å². The van der Waals surface area contributed by atoms with E-state index in [9.17, 15) is 23.3 Å². The molecule has 1 aromatic heterocycles. The van der Waals surface area contributed by atoms with Gasteiger partial charge in [0.25, 0.3) is 5.69 Å². The first kappa shape index (κ1) is 19.4. The second kappa shape index (κ2) is 7.47. The Hall–Kier alpha value is -3.94. The van der Waals surface area contributed by atoms with E-state index < -0.39 is 22.4 Å². The zero-order valence-electron chi connectivity index (χ0n) is 15.4. The number of nitro benzene ring substituents is 1. The second-order valence-electron chi connectivity index (χ2n) is 6.52. The van der Waals surface area contributed by atoms with E-state index in [1.54, 1.807) is 30.3 Å². The summed E-state index contributed by atoms with van der Waals surface area (Å²) < 4.78 is 40.6. The third-order valence-electron chi connectivity index (χ3n) is 4.58. The fourth-order valence-electron chi connectivity index (χ4n) is 3.15. The minimum absolute atomic E-state index is 0.0472. The fourth-order valence-corrected chi connectivity index (χ4v) is 3.15. The van der Waals surface area contributed by atoms with Crippen LogP contribution >= 0.6 is 0 Å². The van der Waals surface area contributed by atoms with Gasteiger partial charge in [0.15, 0.2) is 0 Å². The quantitative estimate of drug-likeness (QED) is 0.301. The fraction of sp³-hybridized carbons (Fsp3) is 0.0455. The molecule has 0 fully saturated rings. The predicted molar refractivity (Wildman–Crippen MR) is 106 cm³/mol. The number of hydrogen-bond acceptors (Lipinski definition) is 3. The average molecular weight is 409 g/mol. The van der Waals surface area contributed by atoms with Crippen molar-refractivity contribution in [2.75, 3.05) is 0 Å². The van der Waals surface area contributed by atoms with Crippen molar-refractivity contribution in [3.63, 3.8) is 0 Å². The SMILES string of the molecule is O=[N+]([O-])c1cc(C(F)(F)F)ccc1-n1nc(-c2ccccc2)cc1-c1ccccc1. The first-order chi connectivity index (χ1) is 14.3. The van der Waals surface area contributed by atoms with Crippen molar-refractivity contribution >= 4 is 5.69 Å². The highest BCUT2D eigenvalue weighted by molar-refractivity contribution is 5.72. The lowest BCUT2D eigenvalue weighted by atomic mass is 10.1. The Labute approximate surface area is 169 Å². The van der Waals surface area contributed by atoms with Gasteiger partial charge in [-0.2, -0.15) is 18.3 Å². The average Bonchev–Trinajstić information content (AvgIpc) is 3.19. The number of hydrogen-bond donors (Lipinski definition) is 0. The maximum atomic E-state index is 13.1. The summed E-state index contributed by atoms with van der Waals surface area (Å²) in [6.07, 6.45) is -4.69. The Morgan fingerprint density at radius 1 is 0.833 bits per heavy atom. The first-order valence-corrected chi connectivity index (χ1v) is 8.91. The zero-order valence-corrected chi connectivity index (χ0v) is 15.4. The maximum Gasteiger partial charge on any atom is 0.416 e. The van der Waals surface area contributed by atoms with Crippen LogP contribution in [0, 0.1) is 10.1 Å². The van der Waals surface area contributed by atoms with Gasteiger partial charge >= 0.3 is 6.18 Å². The lowest BCUT2D eigenvalue weighted by molar-refractivity contribution is -0.384. The van der Waals surface area contributed by atoms with Crippen LogP contribution in [0.25, 0.3) is 28.2 Å². The van der Waals surface area contributed by atoms with Crippen LogP contribution in [-0.2, 0) is 6.18 Å². The molecular weight excluding hydrogens is 395 g/mol. The number of rotatable bonds is 4. The van der Waals surface area contributed by atoms with E-state index in [0.29, 0.717) is 17.5 Å². The van der Waals surface area contributed by atoms with E-state index in [4.69, 9.17) is 0 Å². The van der Waals surface area contributed by atoms with Crippen molar-refractivity contribution < 1.29 is 18.1 Å². The standard InChI is InChI=1S/C22H14F3N3O2/c23-22(24,25)17-11-12-19(21(13-17)28(29)30)27-20(16-9-5-2-6-10-16)14-18(26-27)15-7-3-1-4-8-15/h1-14H. The summed E-state index contributed by atoms with van der Waals surface area (Å²) in [4.78, 5) is 10.8. The van der Waals surface area contributed by atoms with E-state index in [1.807, 2.05) is 36.4 Å². The zero-order chi connectivity index (χ0) is 21.3. The molecule has 0 radical (unpaired) electrons. The molecular formula is C22H14F3N3O2. The van der Waals surface area contributed by atoms with Gasteiger partial charge in [-0.05, 0) is 18.2 Å². The summed E-state index contributed by atoms with van der Waals surface area (Å²) in [5, 5.41) is 16.1. The van der Waals surface area contributed by atoms with Crippen molar-refractivity contribution in [3.8, 4) is 28.2 Å². The van der Waals surface area contributed by atoms with Crippen LogP contribution in [0.3, 0.4) is 0 Å². The molecule has 0 spiro atoms. The number of halogens is 3. The number of aromatic nitrogens is 2. The van der Waals surface area contributed by atoms with Gasteiger partial charge in [-0.1, -0.05) is 60.7 Å². The van der Waals surface area contributed by atoms with Gasteiger partial charge in [0.05, 0.1) is 21.9 Å². The second-order valence-corrected chi connectivity index (χ2v) is 6.52. The highest BCUT2D eigenvalue weighted by Crippen LogP contribution is 2.36. The van der Waals surface area contributed by atoms with Gasteiger partial charge in [-0.15, -0.1) is 0 Å². The number of benzene rings is 3. The molecule has 0 N–H and O–H groups in total. The lowest BCUT2D eigenvalue weighted by Gasteiger charge is -2.11. The molecule has 0 unspecified atom stereocenters. The topological polar surface area (TPSA) is 61.0 Å². The summed E-state index contributed by atoms with van der Waals surface area (Å²) in [7, 11) is 0. The van der Waals surface area contributed by atoms with Crippen molar-refractivity contribution in [2.45, 2.75) is 6.18 Å². The van der Waals surface area contributed by atoms with E-state index in [1.165, 1.54) is 4.68 Å². The monoisotopic (exact) mass is 409 g/mol. The van der Waals surface area contributed by atoms with Crippen LogP contribution in [0.5, 0.6) is 0 Å². The Bertz CT molecular complexity index is 1200. The largest absolute Gasteiger partial charge is 0.416 e. The molecule has 150 valence electrons. The van der Waals surface area contributed by atoms with Gasteiger partial charge < -0.3 is 0 Å². The molecule has 0 saturated heterocycles. The predicted octanol–water partition coefficient (Wildman–Crippen LogP) is 6.13. The van der Waals surface area contributed by atoms with Crippen molar-refractivity contribution in [3.05, 3.63) is 101 Å². The number of alkyl halides is 3. The maximum absolute atomic E-state index is 13.1. The minimum atomic E-state index is -4.69. The lowest BCUT2D eigenvalue weighted by Crippen LogP contribution is -2.09. The van der Waals surface area contributed by atoms with Crippen LogP contribution in [0.15, 0.2) is 84.9 Å². The van der Waals surface area contributed by atoms with Gasteiger partial charge in [0.2, 0.25) is 0 Å². The molecule has 0 atom stereocenters. The normalized spacial score (nSPS) is 11.4. The minimum Gasteiger partial charge on any atom is -0.258 e. The smallest absolute Gasteiger partial charge is 0.258 e. The molecule has 5 nitrogen and oxygen atoms in total. The molecule has 0 aliphatic heterocycles. The Kier molecular flexibility index (Phi) is 4.83. The van der Waals surface area contributed by atoms with Gasteiger partial charge in [-0.3, -0.25) is 10.1 Å². The van der Waals surface area contributed by atoms with Crippen molar-refractivity contribution in [2.24, 2.45) is 0 Å². The molecule has 4 rings (SSSR count). The van der Waals surface area contributed by atoms with Crippen LogP contribution < -0.4 is 0 Å². The molecule has 3 aromatic carbocycles. The summed E-state index contributed by atoms with van der Waals surface area (Å²) in [6, 6.07) is 22.4. The molecule has 4 aromatic rings. The third-order valence-corrected chi connectivity index (χ3v) is 4.58. The van der Waals surface area contributed by atoms with Crippen LogP contribution in [-0.4, -0.2) is 14.7 Å². The molecule has 0 aliphatic carbocycles. The molecule has 0 bridgehead atoms. The van der Waals surface area contributed by atoms with Crippen molar-refractivity contribution in [1.82, 2.24) is 9.78 Å².